The van der Waals surface area contributed by atoms with Gasteiger partial charge in [-0.2, -0.15) is 0 Å². The third kappa shape index (κ3) is 4.97. The van der Waals surface area contributed by atoms with Crippen LogP contribution in [0.25, 0.3) is 0 Å². The minimum Gasteiger partial charge on any atom is -0.480 e. The fraction of sp³-hybridized carbons (Fsp3) is 0.308. The highest BCUT2D eigenvalue weighted by atomic mass is 16.7. The summed E-state index contributed by atoms with van der Waals surface area (Å²) in [4.78, 5) is 34.4. The van der Waals surface area contributed by atoms with Crippen LogP contribution in [-0.2, 0) is 14.3 Å². The van der Waals surface area contributed by atoms with E-state index in [0.717, 1.165) is 4.90 Å². The lowest BCUT2D eigenvalue weighted by Gasteiger charge is -2.18. The van der Waals surface area contributed by atoms with Crippen LogP contribution in [0.3, 0.4) is 0 Å². The summed E-state index contributed by atoms with van der Waals surface area (Å²) in [5.74, 6) is -1.80. The van der Waals surface area contributed by atoms with E-state index in [1.54, 1.807) is 30.3 Å². The summed E-state index contributed by atoms with van der Waals surface area (Å²) in [6.45, 7) is 0.867. The number of amides is 1. The predicted octanol–water partition coefficient (Wildman–Crippen LogP) is 1.34. The lowest BCUT2D eigenvalue weighted by Crippen LogP contribution is -2.35. The number of carbonyl (C=O) groups is 3. The van der Waals surface area contributed by atoms with Gasteiger partial charge in [-0.1, -0.05) is 18.2 Å². The van der Waals surface area contributed by atoms with Crippen molar-refractivity contribution in [2.24, 2.45) is 0 Å². The van der Waals surface area contributed by atoms with Crippen LogP contribution in [0.5, 0.6) is 0 Å². The molecule has 7 heteroatoms. The number of hydrogen-bond donors (Lipinski definition) is 1. The van der Waals surface area contributed by atoms with Gasteiger partial charge in [0.05, 0.1) is 5.56 Å². The molecule has 0 bridgehead atoms. The normalized spacial score (nSPS) is 11.3. The number of aliphatic carboxylic acids is 1. The van der Waals surface area contributed by atoms with Gasteiger partial charge < -0.3 is 19.5 Å². The van der Waals surface area contributed by atoms with E-state index in [2.05, 4.69) is 0 Å². The molecule has 0 fully saturated rings. The molecule has 1 rings (SSSR count). The van der Waals surface area contributed by atoms with Crippen molar-refractivity contribution in [3.63, 3.8) is 0 Å². The number of rotatable bonds is 5. The van der Waals surface area contributed by atoms with Crippen molar-refractivity contribution in [2.45, 2.75) is 13.2 Å². The minimum absolute atomic E-state index is 0.328. The van der Waals surface area contributed by atoms with Gasteiger partial charge in [0.2, 0.25) is 6.29 Å². The molecule has 0 aliphatic rings. The molecule has 0 radical (unpaired) electrons. The quantitative estimate of drug-likeness (QED) is 0.646. The molecule has 0 heterocycles. The number of esters is 1. The first-order valence-corrected chi connectivity index (χ1v) is 5.79. The molecule has 0 spiro atoms. The number of nitrogens with zero attached hydrogens (tertiary/aromatic N) is 1. The highest BCUT2D eigenvalue weighted by Gasteiger charge is 2.19. The highest BCUT2D eigenvalue weighted by molar-refractivity contribution is 5.89. The lowest BCUT2D eigenvalue weighted by atomic mass is 10.2. The first kappa shape index (κ1) is 15.5. The van der Waals surface area contributed by atoms with Crippen molar-refractivity contribution >= 4 is 18.0 Å². The molecule has 1 N–H and O–H groups in total. The van der Waals surface area contributed by atoms with Crippen LogP contribution in [0.15, 0.2) is 30.3 Å². The van der Waals surface area contributed by atoms with E-state index in [1.807, 2.05) is 0 Å². The predicted molar refractivity (Wildman–Crippen MR) is 68.1 cm³/mol. The number of carboxylic acid groups (broad SMARTS) is 1. The van der Waals surface area contributed by atoms with Gasteiger partial charge in [0.1, 0.15) is 6.54 Å². The molecule has 0 saturated carbocycles. The van der Waals surface area contributed by atoms with E-state index in [-0.39, 0.29) is 0 Å². The first-order chi connectivity index (χ1) is 9.40. The standard InChI is InChI=1S/C13H15NO6/c1-9(20-13(18)14(2)8-11(15)16)19-12(17)10-6-4-3-5-7-10/h3-7,9H,8H2,1-2H3,(H,15,16). The number of carboxylic acids is 1. The largest absolute Gasteiger partial charge is 0.480 e. The van der Waals surface area contributed by atoms with E-state index in [1.165, 1.54) is 14.0 Å². The summed E-state index contributed by atoms with van der Waals surface area (Å²) in [5.41, 5.74) is 0.328. The molecule has 1 aromatic carbocycles. The SMILES string of the molecule is CC(OC(=O)c1ccccc1)OC(=O)N(C)CC(=O)O. The Morgan fingerprint density at radius 1 is 1.20 bits per heavy atom. The van der Waals surface area contributed by atoms with Gasteiger partial charge in [-0.25, -0.2) is 9.59 Å². The summed E-state index contributed by atoms with van der Waals surface area (Å²) in [6, 6.07) is 8.23. The molecule has 7 nitrogen and oxygen atoms in total. The third-order valence-corrected chi connectivity index (χ3v) is 2.23. The summed E-state index contributed by atoms with van der Waals surface area (Å²) in [5, 5.41) is 8.53. The Morgan fingerprint density at radius 3 is 2.35 bits per heavy atom. The third-order valence-electron chi connectivity index (χ3n) is 2.23. The van der Waals surface area contributed by atoms with E-state index in [9.17, 15) is 14.4 Å². The van der Waals surface area contributed by atoms with Gasteiger partial charge in [-0.15, -0.1) is 0 Å². The van der Waals surface area contributed by atoms with Crippen molar-refractivity contribution in [3.8, 4) is 0 Å². The van der Waals surface area contributed by atoms with Gasteiger partial charge in [0.25, 0.3) is 0 Å². The molecule has 1 atom stereocenters. The maximum atomic E-state index is 11.7. The van der Waals surface area contributed by atoms with E-state index in [4.69, 9.17) is 14.6 Å². The number of likely N-dealkylation sites (N-methyl/N-ethyl adjacent to an activating group) is 1. The van der Waals surface area contributed by atoms with Gasteiger partial charge in [0.15, 0.2) is 0 Å². The smallest absolute Gasteiger partial charge is 0.413 e. The molecular formula is C13H15NO6. The Balaban J connectivity index is 2.47. The van der Waals surface area contributed by atoms with Gasteiger partial charge in [-0.3, -0.25) is 4.79 Å². The molecule has 20 heavy (non-hydrogen) atoms. The molecule has 1 unspecified atom stereocenters. The van der Waals surface area contributed by atoms with Gasteiger partial charge in [-0.05, 0) is 12.1 Å². The van der Waals surface area contributed by atoms with Crippen LogP contribution in [-0.4, -0.2) is 47.9 Å². The minimum atomic E-state index is -1.17. The zero-order chi connectivity index (χ0) is 15.1. The number of hydrogen-bond acceptors (Lipinski definition) is 5. The van der Waals surface area contributed by atoms with Crippen LogP contribution in [0.1, 0.15) is 17.3 Å². The second-order valence-corrected chi connectivity index (χ2v) is 3.97. The Hall–Kier alpha value is -2.57. The zero-order valence-electron chi connectivity index (χ0n) is 11.1. The van der Waals surface area contributed by atoms with E-state index >= 15 is 0 Å². The number of benzene rings is 1. The summed E-state index contributed by atoms with van der Waals surface area (Å²) < 4.78 is 9.69. The van der Waals surface area contributed by atoms with Gasteiger partial charge in [0, 0.05) is 14.0 Å². The van der Waals surface area contributed by atoms with Crippen LogP contribution >= 0.6 is 0 Å². The van der Waals surface area contributed by atoms with Crippen molar-refractivity contribution in [1.82, 2.24) is 4.90 Å². The second kappa shape index (κ2) is 7.13. The van der Waals surface area contributed by atoms with Crippen molar-refractivity contribution in [1.29, 1.82) is 0 Å². The Labute approximate surface area is 115 Å². The molecule has 1 aromatic rings. The average molecular weight is 281 g/mol. The highest BCUT2D eigenvalue weighted by Crippen LogP contribution is 2.05. The average Bonchev–Trinajstić information content (AvgIpc) is 2.38. The topological polar surface area (TPSA) is 93.1 Å². The van der Waals surface area contributed by atoms with Crippen LogP contribution in [0.2, 0.25) is 0 Å². The monoisotopic (exact) mass is 281 g/mol. The molecule has 0 saturated heterocycles. The van der Waals surface area contributed by atoms with Crippen molar-refractivity contribution in [2.75, 3.05) is 13.6 Å². The molecule has 1 amide bonds. The summed E-state index contributed by atoms with van der Waals surface area (Å²) >= 11 is 0. The molecule has 0 aliphatic heterocycles. The summed E-state index contributed by atoms with van der Waals surface area (Å²) in [7, 11) is 1.27. The van der Waals surface area contributed by atoms with E-state index < -0.39 is 30.9 Å². The van der Waals surface area contributed by atoms with Crippen LogP contribution in [0, 0.1) is 0 Å². The van der Waals surface area contributed by atoms with Crippen molar-refractivity contribution < 1.29 is 29.0 Å². The second-order valence-electron chi connectivity index (χ2n) is 3.97. The molecule has 0 aromatic heterocycles. The van der Waals surface area contributed by atoms with Gasteiger partial charge >= 0.3 is 18.0 Å². The lowest BCUT2D eigenvalue weighted by molar-refractivity contribution is -0.138. The number of carbonyl (C=O) groups excluding carboxylic acids is 2. The van der Waals surface area contributed by atoms with Crippen LogP contribution < -0.4 is 0 Å². The maximum Gasteiger partial charge on any atom is 0.413 e. The Morgan fingerprint density at radius 2 is 1.80 bits per heavy atom. The fourth-order valence-electron chi connectivity index (χ4n) is 1.32. The molecule has 0 aliphatic carbocycles. The first-order valence-electron chi connectivity index (χ1n) is 5.79. The number of ether oxygens (including phenoxy) is 2. The maximum absolute atomic E-state index is 11.7. The zero-order valence-corrected chi connectivity index (χ0v) is 11.1. The molecule has 108 valence electrons. The van der Waals surface area contributed by atoms with Crippen molar-refractivity contribution in [3.05, 3.63) is 35.9 Å². The summed E-state index contributed by atoms with van der Waals surface area (Å²) in [6.07, 6.45) is -2.01. The van der Waals surface area contributed by atoms with E-state index in [0.29, 0.717) is 5.56 Å². The van der Waals surface area contributed by atoms with Crippen LogP contribution in [0.4, 0.5) is 4.79 Å². The Kier molecular flexibility index (Phi) is 5.52. The Bertz CT molecular complexity index is 487. The molecular weight excluding hydrogens is 266 g/mol. The fourth-order valence-corrected chi connectivity index (χ4v) is 1.32.